The third-order valence-electron chi connectivity index (χ3n) is 1.91. The van der Waals surface area contributed by atoms with Crippen LogP contribution in [0.15, 0.2) is 6.20 Å². The molecule has 1 atom stereocenters. The molecule has 3 nitrogen and oxygen atoms in total. The zero-order valence-electron chi connectivity index (χ0n) is 9.04. The van der Waals surface area contributed by atoms with Crippen LogP contribution in [0.4, 0.5) is 0 Å². The Morgan fingerprint density at radius 1 is 1.64 bits per heavy atom. The van der Waals surface area contributed by atoms with E-state index in [0.29, 0.717) is 6.04 Å². The molecule has 1 aromatic heterocycles. The normalized spacial score (nSPS) is 13.1. The maximum Gasteiger partial charge on any atom is 0.109 e. The molecule has 1 aromatic rings. The predicted octanol–water partition coefficient (Wildman–Crippen LogP) is 2.14. The Balaban J connectivity index is 2.25. The summed E-state index contributed by atoms with van der Waals surface area (Å²) in [6.45, 7) is 8.65. The number of hydrogen-bond donors (Lipinski definition) is 1. The lowest BCUT2D eigenvalue weighted by Gasteiger charge is -2.10. The number of hydrogen-bond acceptors (Lipinski definition) is 4. The monoisotopic (exact) mass is 214 g/mol. The fourth-order valence-corrected chi connectivity index (χ4v) is 1.95. The van der Waals surface area contributed by atoms with Crippen molar-refractivity contribution in [1.82, 2.24) is 10.3 Å². The van der Waals surface area contributed by atoms with E-state index in [0.717, 1.165) is 24.8 Å². The van der Waals surface area contributed by atoms with E-state index in [4.69, 9.17) is 4.74 Å². The number of nitrogens with one attached hydrogen (secondary N) is 1. The maximum atomic E-state index is 5.25. The Morgan fingerprint density at radius 3 is 3.00 bits per heavy atom. The second-order valence-corrected chi connectivity index (χ2v) is 4.45. The summed E-state index contributed by atoms with van der Waals surface area (Å²) in [6, 6.07) is 0.328. The molecule has 0 saturated carbocycles. The van der Waals surface area contributed by atoms with Crippen LogP contribution in [-0.4, -0.2) is 24.7 Å². The van der Waals surface area contributed by atoms with Gasteiger partial charge in [0.25, 0.3) is 0 Å². The molecule has 0 aliphatic carbocycles. The van der Waals surface area contributed by atoms with E-state index in [1.54, 1.807) is 11.3 Å². The van der Waals surface area contributed by atoms with E-state index in [2.05, 4.69) is 24.1 Å². The Bertz CT molecular complexity index is 262. The van der Waals surface area contributed by atoms with E-state index < -0.39 is 0 Å². The molecule has 0 aliphatic heterocycles. The summed E-state index contributed by atoms with van der Waals surface area (Å²) in [6.07, 6.45) is 1.92. The van der Waals surface area contributed by atoms with Crippen LogP contribution in [0.25, 0.3) is 0 Å². The third-order valence-corrected chi connectivity index (χ3v) is 3.01. The van der Waals surface area contributed by atoms with E-state index in [1.807, 2.05) is 13.1 Å². The molecular formula is C10H18N2OS. The summed E-state index contributed by atoms with van der Waals surface area (Å²) in [5, 5.41) is 4.52. The van der Waals surface area contributed by atoms with E-state index in [9.17, 15) is 0 Å². The van der Waals surface area contributed by atoms with Crippen LogP contribution in [0, 0.1) is 6.92 Å². The van der Waals surface area contributed by atoms with E-state index in [-0.39, 0.29) is 0 Å². The van der Waals surface area contributed by atoms with Crippen LogP contribution in [0.1, 0.15) is 29.8 Å². The summed E-state index contributed by atoms with van der Waals surface area (Å²) in [5.41, 5.74) is 0. The largest absolute Gasteiger partial charge is 0.380 e. The molecule has 0 saturated heterocycles. The molecule has 80 valence electrons. The van der Waals surface area contributed by atoms with Crippen molar-refractivity contribution >= 4 is 11.3 Å². The van der Waals surface area contributed by atoms with Gasteiger partial charge in [0.05, 0.1) is 12.6 Å². The molecule has 1 N–H and O–H groups in total. The van der Waals surface area contributed by atoms with E-state index >= 15 is 0 Å². The first kappa shape index (κ1) is 11.6. The second kappa shape index (κ2) is 6.11. The van der Waals surface area contributed by atoms with Crippen molar-refractivity contribution in [2.75, 3.05) is 19.8 Å². The molecule has 0 spiro atoms. The Hall–Kier alpha value is -0.450. The molecule has 14 heavy (non-hydrogen) atoms. The van der Waals surface area contributed by atoms with Gasteiger partial charge in [0.15, 0.2) is 0 Å². The second-order valence-electron chi connectivity index (χ2n) is 3.18. The highest BCUT2D eigenvalue weighted by molar-refractivity contribution is 7.11. The van der Waals surface area contributed by atoms with Crippen molar-refractivity contribution in [2.24, 2.45) is 0 Å². The zero-order chi connectivity index (χ0) is 10.4. The first-order valence-corrected chi connectivity index (χ1v) is 5.79. The van der Waals surface area contributed by atoms with E-state index in [1.165, 1.54) is 4.88 Å². The van der Waals surface area contributed by atoms with Crippen molar-refractivity contribution in [2.45, 2.75) is 26.8 Å². The van der Waals surface area contributed by atoms with Crippen LogP contribution in [0.5, 0.6) is 0 Å². The molecule has 0 radical (unpaired) electrons. The van der Waals surface area contributed by atoms with Gasteiger partial charge in [-0.1, -0.05) is 0 Å². The minimum absolute atomic E-state index is 0.328. The standard InChI is InChI=1S/C10H18N2OS/c1-4-13-6-5-11-9(3)10-12-7-8(2)14-10/h7,9,11H,4-6H2,1-3H3. The molecule has 4 heteroatoms. The number of rotatable bonds is 6. The first-order chi connectivity index (χ1) is 6.74. The third kappa shape index (κ3) is 3.74. The van der Waals surface area contributed by atoms with Gasteiger partial charge >= 0.3 is 0 Å². The lowest BCUT2D eigenvalue weighted by Crippen LogP contribution is -2.23. The van der Waals surface area contributed by atoms with Gasteiger partial charge in [-0.05, 0) is 20.8 Å². The van der Waals surface area contributed by atoms with Gasteiger partial charge < -0.3 is 10.1 Å². The average Bonchev–Trinajstić information content (AvgIpc) is 2.59. The van der Waals surface area contributed by atoms with Crippen LogP contribution >= 0.6 is 11.3 Å². The zero-order valence-corrected chi connectivity index (χ0v) is 9.86. The lowest BCUT2D eigenvalue weighted by atomic mass is 10.3. The van der Waals surface area contributed by atoms with Gasteiger partial charge in [-0.25, -0.2) is 4.98 Å². The fraction of sp³-hybridized carbons (Fsp3) is 0.700. The first-order valence-electron chi connectivity index (χ1n) is 4.97. The van der Waals surface area contributed by atoms with Gasteiger partial charge in [0.2, 0.25) is 0 Å². The molecule has 0 amide bonds. The van der Waals surface area contributed by atoms with Crippen molar-refractivity contribution in [3.05, 3.63) is 16.1 Å². The Morgan fingerprint density at radius 2 is 2.43 bits per heavy atom. The molecular weight excluding hydrogens is 196 g/mol. The topological polar surface area (TPSA) is 34.1 Å². The molecule has 0 bridgehead atoms. The highest BCUT2D eigenvalue weighted by Crippen LogP contribution is 2.18. The molecule has 0 aromatic carbocycles. The van der Waals surface area contributed by atoms with Crippen LogP contribution in [0.2, 0.25) is 0 Å². The number of aryl methyl sites for hydroxylation is 1. The van der Waals surface area contributed by atoms with Crippen LogP contribution in [-0.2, 0) is 4.74 Å². The van der Waals surface area contributed by atoms with Crippen LogP contribution < -0.4 is 5.32 Å². The summed E-state index contributed by atoms with van der Waals surface area (Å²) in [5.74, 6) is 0. The predicted molar refractivity (Wildman–Crippen MR) is 59.8 cm³/mol. The average molecular weight is 214 g/mol. The highest BCUT2D eigenvalue weighted by Gasteiger charge is 2.07. The Kier molecular flexibility index (Phi) is 5.07. The van der Waals surface area contributed by atoms with Gasteiger partial charge in [0, 0.05) is 24.2 Å². The summed E-state index contributed by atoms with van der Waals surface area (Å²) >= 11 is 1.75. The van der Waals surface area contributed by atoms with Crippen molar-refractivity contribution in [3.8, 4) is 0 Å². The summed E-state index contributed by atoms with van der Waals surface area (Å²) in [4.78, 5) is 5.59. The SMILES string of the molecule is CCOCCNC(C)c1ncc(C)s1. The molecule has 1 rings (SSSR count). The van der Waals surface area contributed by atoms with Gasteiger partial charge in [-0.15, -0.1) is 11.3 Å². The number of nitrogens with zero attached hydrogens (tertiary/aromatic N) is 1. The molecule has 1 unspecified atom stereocenters. The number of thiazole rings is 1. The Labute approximate surface area is 89.5 Å². The van der Waals surface area contributed by atoms with Crippen LogP contribution in [0.3, 0.4) is 0 Å². The molecule has 0 aliphatic rings. The fourth-order valence-electron chi connectivity index (χ4n) is 1.15. The lowest BCUT2D eigenvalue weighted by molar-refractivity contribution is 0.147. The summed E-state index contributed by atoms with van der Waals surface area (Å²) < 4.78 is 5.25. The quantitative estimate of drug-likeness (QED) is 0.737. The van der Waals surface area contributed by atoms with Crippen molar-refractivity contribution in [3.63, 3.8) is 0 Å². The maximum absolute atomic E-state index is 5.25. The highest BCUT2D eigenvalue weighted by atomic mass is 32.1. The number of aromatic nitrogens is 1. The summed E-state index contributed by atoms with van der Waals surface area (Å²) in [7, 11) is 0. The number of ether oxygens (including phenoxy) is 1. The smallest absolute Gasteiger partial charge is 0.109 e. The van der Waals surface area contributed by atoms with Gasteiger partial charge in [-0.2, -0.15) is 0 Å². The van der Waals surface area contributed by atoms with Gasteiger partial charge in [-0.3, -0.25) is 0 Å². The molecule has 1 heterocycles. The molecule has 0 fully saturated rings. The van der Waals surface area contributed by atoms with Crippen molar-refractivity contribution < 1.29 is 4.74 Å². The van der Waals surface area contributed by atoms with Crippen molar-refractivity contribution in [1.29, 1.82) is 0 Å². The minimum Gasteiger partial charge on any atom is -0.380 e. The van der Waals surface area contributed by atoms with Gasteiger partial charge in [0.1, 0.15) is 5.01 Å². The minimum atomic E-state index is 0.328.